The van der Waals surface area contributed by atoms with E-state index in [0.29, 0.717) is 23.0 Å². The molecule has 37 heavy (non-hydrogen) atoms. The summed E-state index contributed by atoms with van der Waals surface area (Å²) in [6.45, 7) is 5.63. The number of amides is 1. The number of thiophene rings is 1. The molecule has 5 rings (SSSR count). The van der Waals surface area contributed by atoms with Gasteiger partial charge >= 0.3 is 0 Å². The number of hydrogen-bond acceptors (Lipinski definition) is 4. The van der Waals surface area contributed by atoms with E-state index in [2.05, 4.69) is 24.3 Å². The Labute approximate surface area is 223 Å². The summed E-state index contributed by atoms with van der Waals surface area (Å²) < 4.78 is 29.1. The van der Waals surface area contributed by atoms with Crippen molar-refractivity contribution >= 4 is 43.0 Å². The number of anilines is 1. The van der Waals surface area contributed by atoms with Gasteiger partial charge in [0.2, 0.25) is 0 Å². The van der Waals surface area contributed by atoms with Gasteiger partial charge in [-0.2, -0.15) is 0 Å². The van der Waals surface area contributed by atoms with E-state index < -0.39 is 10.0 Å². The second-order valence-corrected chi connectivity index (χ2v) is 12.7. The van der Waals surface area contributed by atoms with Gasteiger partial charge in [-0.05, 0) is 86.4 Å². The Bertz CT molecular complexity index is 1490. The molecule has 0 aliphatic carbocycles. The van der Waals surface area contributed by atoms with Gasteiger partial charge in [0.15, 0.2) is 0 Å². The van der Waals surface area contributed by atoms with Gasteiger partial charge in [-0.15, -0.1) is 11.3 Å². The average Bonchev–Trinajstić information content (AvgIpc) is 3.33. The van der Waals surface area contributed by atoms with Crippen molar-refractivity contribution < 1.29 is 13.2 Å². The van der Waals surface area contributed by atoms with Gasteiger partial charge in [0.1, 0.15) is 0 Å². The Hall–Kier alpha value is -3.16. The maximum atomic E-state index is 13.3. The third kappa shape index (κ3) is 5.43. The van der Waals surface area contributed by atoms with E-state index in [1.54, 1.807) is 12.1 Å². The van der Waals surface area contributed by atoms with E-state index in [0.717, 1.165) is 48.0 Å². The molecule has 0 bridgehead atoms. The molecule has 2 heterocycles. The van der Waals surface area contributed by atoms with Gasteiger partial charge < -0.3 is 4.90 Å². The molecule has 0 spiro atoms. The van der Waals surface area contributed by atoms with Crippen molar-refractivity contribution in [3.8, 4) is 0 Å². The fourth-order valence-corrected chi connectivity index (χ4v) is 7.54. The zero-order valence-electron chi connectivity index (χ0n) is 21.3. The van der Waals surface area contributed by atoms with Crippen LogP contribution in [0.15, 0.2) is 83.8 Å². The van der Waals surface area contributed by atoms with Gasteiger partial charge in [0, 0.05) is 24.3 Å². The van der Waals surface area contributed by atoms with Crippen molar-refractivity contribution in [2.75, 3.05) is 23.9 Å². The van der Waals surface area contributed by atoms with Gasteiger partial charge in [-0.25, -0.2) is 8.42 Å². The molecule has 5 nitrogen and oxygen atoms in total. The van der Waals surface area contributed by atoms with Gasteiger partial charge in [-0.1, -0.05) is 48.0 Å². The minimum Gasteiger partial charge on any atom is -0.338 e. The quantitative estimate of drug-likeness (QED) is 0.272. The third-order valence-electron chi connectivity index (χ3n) is 7.16. The molecular weight excluding hydrogens is 500 g/mol. The van der Waals surface area contributed by atoms with Gasteiger partial charge in [0.05, 0.1) is 15.5 Å². The van der Waals surface area contributed by atoms with Crippen LogP contribution in [-0.4, -0.2) is 38.9 Å². The van der Waals surface area contributed by atoms with E-state index in [1.807, 2.05) is 61.2 Å². The second-order valence-electron chi connectivity index (χ2n) is 9.74. The number of hydrogen-bond donors (Lipinski definition) is 0. The Morgan fingerprint density at radius 1 is 0.973 bits per heavy atom. The van der Waals surface area contributed by atoms with Crippen molar-refractivity contribution in [3.63, 3.8) is 0 Å². The lowest BCUT2D eigenvalue weighted by Crippen LogP contribution is -2.38. The first kappa shape index (κ1) is 25.5. The first-order valence-corrected chi connectivity index (χ1v) is 15.1. The zero-order valence-corrected chi connectivity index (χ0v) is 22.9. The highest BCUT2D eigenvalue weighted by Gasteiger charge is 2.26. The molecule has 1 saturated heterocycles. The summed E-state index contributed by atoms with van der Waals surface area (Å²) in [5, 5.41) is 0.891. The summed E-state index contributed by atoms with van der Waals surface area (Å²) in [6.07, 6.45) is 3.09. The van der Waals surface area contributed by atoms with Crippen LogP contribution >= 0.6 is 11.3 Å². The summed E-state index contributed by atoms with van der Waals surface area (Å²) in [4.78, 5) is 16.3. The van der Waals surface area contributed by atoms with Crippen LogP contribution < -0.4 is 4.31 Å². The normalized spacial score (nSPS) is 14.7. The molecule has 4 aromatic rings. The second kappa shape index (κ2) is 10.7. The first-order valence-electron chi connectivity index (χ1n) is 12.8. The fraction of sp³-hybridized carbons (Fsp3) is 0.300. The summed E-state index contributed by atoms with van der Waals surface area (Å²) in [5.41, 5.74) is 2.98. The number of carbonyl (C=O) groups excluding carboxylic acids is 1. The smallest absolute Gasteiger partial charge is 0.264 e. The van der Waals surface area contributed by atoms with Crippen LogP contribution in [0, 0.1) is 12.8 Å². The highest BCUT2D eigenvalue weighted by atomic mass is 32.2. The molecule has 0 unspecified atom stereocenters. The minimum atomic E-state index is -3.68. The minimum absolute atomic E-state index is 0.0699. The Balaban J connectivity index is 1.30. The van der Waals surface area contributed by atoms with E-state index in [1.165, 1.54) is 21.2 Å². The number of rotatable bonds is 7. The largest absolute Gasteiger partial charge is 0.338 e. The Morgan fingerprint density at radius 2 is 1.68 bits per heavy atom. The predicted octanol–water partition coefficient (Wildman–Crippen LogP) is 6.52. The number of carbonyl (C=O) groups is 1. The van der Waals surface area contributed by atoms with E-state index >= 15 is 0 Å². The summed E-state index contributed by atoms with van der Waals surface area (Å²) in [6, 6.07) is 25.0. The highest BCUT2D eigenvalue weighted by molar-refractivity contribution is 7.92. The third-order valence-corrected chi connectivity index (χ3v) is 10.2. The molecule has 0 atom stereocenters. The number of piperidine rings is 1. The first-order chi connectivity index (χ1) is 17.8. The predicted molar refractivity (Wildman–Crippen MR) is 152 cm³/mol. The molecule has 3 aromatic carbocycles. The number of fused-ring (bicyclic) bond motifs is 1. The molecule has 1 aliphatic heterocycles. The molecule has 0 radical (unpaired) electrons. The molecule has 1 fully saturated rings. The topological polar surface area (TPSA) is 57.7 Å². The molecule has 7 heteroatoms. The van der Waals surface area contributed by atoms with Crippen LogP contribution in [0.3, 0.4) is 0 Å². The number of sulfonamides is 1. The lowest BCUT2D eigenvalue weighted by Gasteiger charge is -2.31. The van der Waals surface area contributed by atoms with Gasteiger partial charge in [0.25, 0.3) is 15.9 Å². The van der Waals surface area contributed by atoms with Crippen LogP contribution in [0.2, 0.25) is 0 Å². The summed E-state index contributed by atoms with van der Waals surface area (Å²) >= 11 is 1.48. The Morgan fingerprint density at radius 3 is 2.35 bits per heavy atom. The molecule has 0 N–H and O–H groups in total. The number of likely N-dealkylation sites (tertiary alicyclic amines) is 1. The molecule has 192 valence electrons. The Kier molecular flexibility index (Phi) is 7.36. The number of benzene rings is 3. The van der Waals surface area contributed by atoms with Crippen molar-refractivity contribution in [2.24, 2.45) is 5.92 Å². The standard InChI is InChI=1S/C30H32N2O3S2/c1-3-32(37(34,35)27-12-9-22(2)10-13-27)26-11-14-28-25(20-26)21-29(36-28)30(33)31-17-15-24(16-18-31)19-23-7-5-4-6-8-23/h4-14,20-21,24H,3,15-19H2,1-2H3. The van der Waals surface area contributed by atoms with Crippen molar-refractivity contribution in [2.45, 2.75) is 38.0 Å². The maximum Gasteiger partial charge on any atom is 0.264 e. The van der Waals surface area contributed by atoms with Crippen LogP contribution in [-0.2, 0) is 16.4 Å². The zero-order chi connectivity index (χ0) is 26.0. The fourth-order valence-electron chi connectivity index (χ4n) is 5.06. The summed E-state index contributed by atoms with van der Waals surface area (Å²) in [5.74, 6) is 0.674. The highest BCUT2D eigenvalue weighted by Crippen LogP contribution is 2.33. The van der Waals surface area contributed by atoms with Gasteiger partial charge in [-0.3, -0.25) is 9.10 Å². The van der Waals surface area contributed by atoms with E-state index in [4.69, 9.17) is 0 Å². The SMILES string of the molecule is CCN(c1ccc2sc(C(=O)N3CCC(Cc4ccccc4)CC3)cc2c1)S(=O)(=O)c1ccc(C)cc1. The lowest BCUT2D eigenvalue weighted by molar-refractivity contribution is 0.0695. The molecule has 0 saturated carbocycles. The van der Waals surface area contributed by atoms with Crippen LogP contribution in [0.25, 0.3) is 10.1 Å². The van der Waals surface area contributed by atoms with Crippen molar-refractivity contribution in [1.82, 2.24) is 4.90 Å². The monoisotopic (exact) mass is 532 g/mol. The molecular formula is C30H32N2O3S2. The van der Waals surface area contributed by atoms with Crippen molar-refractivity contribution in [3.05, 3.63) is 94.9 Å². The van der Waals surface area contributed by atoms with Crippen molar-refractivity contribution in [1.29, 1.82) is 0 Å². The molecule has 1 aromatic heterocycles. The maximum absolute atomic E-state index is 13.3. The number of aryl methyl sites for hydroxylation is 1. The molecule has 1 aliphatic rings. The van der Waals surface area contributed by atoms with E-state index in [9.17, 15) is 13.2 Å². The lowest BCUT2D eigenvalue weighted by atomic mass is 9.90. The van der Waals surface area contributed by atoms with Crippen LogP contribution in [0.5, 0.6) is 0 Å². The van der Waals surface area contributed by atoms with Crippen LogP contribution in [0.4, 0.5) is 5.69 Å². The van der Waals surface area contributed by atoms with E-state index in [-0.39, 0.29) is 10.8 Å². The number of nitrogens with zero attached hydrogens (tertiary/aromatic N) is 2. The average molecular weight is 533 g/mol. The molecule has 1 amide bonds. The van der Waals surface area contributed by atoms with Crippen LogP contribution in [0.1, 0.15) is 40.6 Å². The summed E-state index contributed by atoms with van der Waals surface area (Å²) in [7, 11) is -3.68.